The number of allylic oxidation sites excluding steroid dienone is 1. The fourth-order valence-electron chi connectivity index (χ4n) is 4.33. The molecule has 0 radical (unpaired) electrons. The lowest BCUT2D eigenvalue weighted by molar-refractivity contribution is -0.125. The van der Waals surface area contributed by atoms with Crippen LogP contribution >= 0.6 is 0 Å². The number of phenolic OH excluding ortho intramolecular Hbond substituents is 1. The van der Waals surface area contributed by atoms with Gasteiger partial charge in [-0.05, 0) is 81.5 Å². The number of nitrogens with one attached hydrogen (secondary N) is 3. The van der Waals surface area contributed by atoms with Crippen LogP contribution in [-0.4, -0.2) is 49.2 Å². The maximum atomic E-state index is 14.4. The molecule has 1 unspecified atom stereocenters. The molecule has 0 aliphatic heterocycles. The van der Waals surface area contributed by atoms with Gasteiger partial charge >= 0.3 is 0 Å². The summed E-state index contributed by atoms with van der Waals surface area (Å²) in [4.78, 5) is 23.0. The Morgan fingerprint density at radius 3 is 2.26 bits per heavy atom. The molecule has 2 aromatic rings. The summed E-state index contributed by atoms with van der Waals surface area (Å²) in [6.45, 7) is 16.2. The van der Waals surface area contributed by atoms with Crippen LogP contribution in [0.15, 0.2) is 54.1 Å². The molecule has 258 valence electrons. The van der Waals surface area contributed by atoms with Gasteiger partial charge in [0.25, 0.3) is 0 Å². The SMILES string of the molecule is CCC(C)C.CCC/C=C(/C)C(NCCOc1c(F)cccc1CCCNC(=O)CNC(=O)CC)C1CC1.Cc1ccc(O)cc1. The minimum absolute atomic E-state index is 0.0248. The zero-order valence-electron chi connectivity index (χ0n) is 29.4. The predicted octanol–water partition coefficient (Wildman–Crippen LogP) is 7.65. The number of phenols is 1. The van der Waals surface area contributed by atoms with Gasteiger partial charge in [-0.25, -0.2) is 4.39 Å². The Labute approximate surface area is 277 Å². The second kappa shape index (κ2) is 23.9. The lowest BCUT2D eigenvalue weighted by Gasteiger charge is -2.20. The van der Waals surface area contributed by atoms with Crippen LogP contribution in [0.5, 0.6) is 11.5 Å². The van der Waals surface area contributed by atoms with Crippen LogP contribution in [0.3, 0.4) is 0 Å². The minimum Gasteiger partial charge on any atom is -0.508 e. The van der Waals surface area contributed by atoms with Crippen LogP contribution in [0.25, 0.3) is 0 Å². The quantitative estimate of drug-likeness (QED) is 0.105. The number of aryl methyl sites for hydroxylation is 2. The largest absolute Gasteiger partial charge is 0.508 e. The van der Waals surface area contributed by atoms with E-state index in [1.807, 2.05) is 25.1 Å². The van der Waals surface area contributed by atoms with Crippen molar-refractivity contribution in [3.05, 3.63) is 71.1 Å². The summed E-state index contributed by atoms with van der Waals surface area (Å²) in [5, 5.41) is 17.7. The molecule has 0 saturated heterocycles. The Morgan fingerprint density at radius 2 is 1.70 bits per heavy atom. The molecular weight excluding hydrogens is 581 g/mol. The number of amides is 2. The molecular formula is C38H60FN3O4. The molecule has 0 heterocycles. The van der Waals surface area contributed by atoms with Crippen molar-refractivity contribution in [3.8, 4) is 11.5 Å². The number of ether oxygens (including phenoxy) is 1. The first-order chi connectivity index (χ1) is 22.0. The zero-order chi connectivity index (χ0) is 34.3. The van der Waals surface area contributed by atoms with E-state index in [1.54, 1.807) is 25.1 Å². The van der Waals surface area contributed by atoms with Crippen LogP contribution in [0.2, 0.25) is 0 Å². The van der Waals surface area contributed by atoms with Gasteiger partial charge in [-0.1, -0.05) is 88.9 Å². The number of hydrogen-bond donors (Lipinski definition) is 4. The van der Waals surface area contributed by atoms with Crippen molar-refractivity contribution in [1.82, 2.24) is 16.0 Å². The summed E-state index contributed by atoms with van der Waals surface area (Å²) in [6, 6.07) is 12.4. The van der Waals surface area contributed by atoms with Crippen molar-refractivity contribution in [2.45, 2.75) is 106 Å². The summed E-state index contributed by atoms with van der Waals surface area (Å²) in [5.41, 5.74) is 3.35. The second-order valence-corrected chi connectivity index (χ2v) is 12.3. The van der Waals surface area contributed by atoms with E-state index in [9.17, 15) is 14.0 Å². The fourth-order valence-corrected chi connectivity index (χ4v) is 4.33. The second-order valence-electron chi connectivity index (χ2n) is 12.3. The van der Waals surface area contributed by atoms with Gasteiger partial charge in [0.15, 0.2) is 11.6 Å². The van der Waals surface area contributed by atoms with Gasteiger partial charge in [0.2, 0.25) is 11.8 Å². The average Bonchev–Trinajstić information content (AvgIpc) is 3.89. The third-order valence-electron chi connectivity index (χ3n) is 7.66. The molecule has 1 aliphatic rings. The first kappa shape index (κ1) is 40.6. The van der Waals surface area contributed by atoms with E-state index in [0.717, 1.165) is 24.3 Å². The Balaban J connectivity index is 0.000000672. The maximum Gasteiger partial charge on any atom is 0.239 e. The molecule has 4 N–H and O–H groups in total. The van der Waals surface area contributed by atoms with Gasteiger partial charge in [-0.2, -0.15) is 0 Å². The highest BCUT2D eigenvalue weighted by molar-refractivity contribution is 5.84. The van der Waals surface area contributed by atoms with Gasteiger partial charge in [0, 0.05) is 25.6 Å². The Hall–Kier alpha value is -3.39. The number of para-hydroxylation sites is 1. The molecule has 1 atom stereocenters. The molecule has 3 rings (SSSR count). The van der Waals surface area contributed by atoms with E-state index in [-0.39, 0.29) is 24.2 Å². The Bertz CT molecular complexity index is 1140. The maximum absolute atomic E-state index is 14.4. The van der Waals surface area contributed by atoms with E-state index in [1.165, 1.54) is 36.5 Å². The lowest BCUT2D eigenvalue weighted by atomic mass is 10.0. The van der Waals surface area contributed by atoms with E-state index in [2.05, 4.69) is 56.6 Å². The van der Waals surface area contributed by atoms with Crippen LogP contribution < -0.4 is 20.7 Å². The van der Waals surface area contributed by atoms with Gasteiger partial charge < -0.3 is 25.8 Å². The molecule has 46 heavy (non-hydrogen) atoms. The molecule has 8 heteroatoms. The molecule has 0 aromatic heterocycles. The van der Waals surface area contributed by atoms with Gasteiger partial charge in [-0.15, -0.1) is 0 Å². The molecule has 7 nitrogen and oxygen atoms in total. The standard InChI is InChI=1S/C26H40FN3O3.C7H8O.C5H12/c1-4-6-9-19(3)25(20-13-14-20)29-16-17-33-26-21(10-7-12-22(26)27)11-8-15-28-24(32)18-30-23(31)5-2;1-6-2-4-7(8)5-3-6;1-4-5(2)3/h7,9-10,12,20,25,29H,4-6,8,11,13-18H2,1-3H3,(H,28,32)(H,30,31);2-5,8H,1H3;5H,4H2,1-3H3/b19-9-;;. The highest BCUT2D eigenvalue weighted by Crippen LogP contribution is 2.35. The summed E-state index contributed by atoms with van der Waals surface area (Å²) in [5.74, 6) is 1.46. The lowest BCUT2D eigenvalue weighted by Crippen LogP contribution is -2.37. The molecule has 1 saturated carbocycles. The number of carbonyl (C=O) groups is 2. The summed E-state index contributed by atoms with van der Waals surface area (Å²) in [6.07, 6.45) is 9.97. The molecule has 0 bridgehead atoms. The third kappa shape index (κ3) is 18.5. The summed E-state index contributed by atoms with van der Waals surface area (Å²) in [7, 11) is 0. The van der Waals surface area contributed by atoms with Crippen LogP contribution in [0, 0.1) is 24.6 Å². The number of carbonyl (C=O) groups excluding carboxylic acids is 2. The highest BCUT2D eigenvalue weighted by Gasteiger charge is 2.31. The number of halogens is 1. The van der Waals surface area contributed by atoms with Gasteiger partial charge in [0.05, 0.1) is 6.54 Å². The van der Waals surface area contributed by atoms with E-state index in [4.69, 9.17) is 9.84 Å². The number of benzene rings is 2. The van der Waals surface area contributed by atoms with E-state index >= 15 is 0 Å². The van der Waals surface area contributed by atoms with Gasteiger partial charge in [-0.3, -0.25) is 9.59 Å². The van der Waals surface area contributed by atoms with Crippen molar-refractivity contribution >= 4 is 11.8 Å². The predicted molar refractivity (Wildman–Crippen MR) is 188 cm³/mol. The van der Waals surface area contributed by atoms with E-state index in [0.29, 0.717) is 62.4 Å². The van der Waals surface area contributed by atoms with Crippen molar-refractivity contribution in [3.63, 3.8) is 0 Å². The van der Waals surface area contributed by atoms with Crippen molar-refractivity contribution in [2.24, 2.45) is 11.8 Å². The smallest absolute Gasteiger partial charge is 0.239 e. The number of aromatic hydroxyl groups is 1. The van der Waals surface area contributed by atoms with Crippen molar-refractivity contribution in [2.75, 3.05) is 26.2 Å². The van der Waals surface area contributed by atoms with E-state index < -0.39 is 0 Å². The summed E-state index contributed by atoms with van der Waals surface area (Å²) >= 11 is 0. The minimum atomic E-state index is -0.364. The first-order valence-electron chi connectivity index (χ1n) is 17.1. The Morgan fingerprint density at radius 1 is 1.02 bits per heavy atom. The molecule has 2 amide bonds. The molecule has 1 fully saturated rings. The molecule has 1 aliphatic carbocycles. The number of rotatable bonds is 17. The Kier molecular flexibility index (Phi) is 21.1. The summed E-state index contributed by atoms with van der Waals surface area (Å²) < 4.78 is 20.3. The van der Waals surface area contributed by atoms with Crippen LogP contribution in [0.4, 0.5) is 4.39 Å². The normalized spacial score (nSPS) is 13.1. The molecule has 2 aromatic carbocycles. The van der Waals surface area contributed by atoms with Crippen molar-refractivity contribution in [1.29, 1.82) is 0 Å². The molecule has 0 spiro atoms. The highest BCUT2D eigenvalue weighted by atomic mass is 19.1. The fraction of sp³-hybridized carbons (Fsp3) is 0.579. The zero-order valence-corrected chi connectivity index (χ0v) is 29.4. The van der Waals surface area contributed by atoms with Gasteiger partial charge in [0.1, 0.15) is 12.4 Å². The topological polar surface area (TPSA) is 99.7 Å². The van der Waals surface area contributed by atoms with Crippen LogP contribution in [-0.2, 0) is 16.0 Å². The van der Waals surface area contributed by atoms with Crippen LogP contribution in [0.1, 0.15) is 97.6 Å². The van der Waals surface area contributed by atoms with Crippen molar-refractivity contribution < 1.29 is 23.8 Å². The number of unbranched alkanes of at least 4 members (excludes halogenated alkanes) is 1. The first-order valence-corrected chi connectivity index (χ1v) is 17.1. The third-order valence-corrected chi connectivity index (χ3v) is 7.66. The number of hydrogen-bond acceptors (Lipinski definition) is 5. The monoisotopic (exact) mass is 641 g/mol. The average molecular weight is 642 g/mol.